The largest absolute Gasteiger partial charge is 0.354 e. The van der Waals surface area contributed by atoms with Crippen LogP contribution in [0.4, 0.5) is 5.82 Å². The summed E-state index contributed by atoms with van der Waals surface area (Å²) in [6.07, 6.45) is 1.54. The number of nitrogens with zero attached hydrogens (tertiary/aromatic N) is 4. The first-order valence-corrected chi connectivity index (χ1v) is 6.43. The second-order valence-corrected chi connectivity index (χ2v) is 5.09. The molecule has 0 bridgehead atoms. The quantitative estimate of drug-likeness (QED) is 0.756. The number of halogens is 1. The van der Waals surface area contributed by atoms with E-state index in [1.165, 1.54) is 0 Å². The van der Waals surface area contributed by atoms with Gasteiger partial charge in [-0.15, -0.1) is 0 Å². The van der Waals surface area contributed by atoms with Crippen molar-refractivity contribution < 1.29 is 0 Å². The van der Waals surface area contributed by atoms with Crippen molar-refractivity contribution in [2.45, 2.75) is 26.8 Å². The summed E-state index contributed by atoms with van der Waals surface area (Å²) in [5.41, 5.74) is 0.979. The van der Waals surface area contributed by atoms with E-state index in [1.807, 2.05) is 6.92 Å². The van der Waals surface area contributed by atoms with Gasteiger partial charge in [-0.3, -0.25) is 4.90 Å². The second-order valence-electron chi connectivity index (χ2n) is 4.73. The molecule has 0 atom stereocenters. The smallest absolute Gasteiger partial charge is 0.137 e. The minimum absolute atomic E-state index is 0.557. The molecule has 0 unspecified atom stereocenters. The van der Waals surface area contributed by atoms with Gasteiger partial charge in [-0.05, 0) is 20.8 Å². The molecule has 0 aromatic carbocycles. The zero-order chi connectivity index (χ0) is 12.4. The van der Waals surface area contributed by atoms with Crippen LogP contribution in [0.1, 0.15) is 19.4 Å². The number of hydrogen-bond acceptors (Lipinski definition) is 4. The van der Waals surface area contributed by atoms with Crippen molar-refractivity contribution in [1.29, 1.82) is 0 Å². The Kier molecular flexibility index (Phi) is 3.84. The zero-order valence-corrected chi connectivity index (χ0v) is 11.4. The van der Waals surface area contributed by atoms with Gasteiger partial charge >= 0.3 is 0 Å². The predicted octanol–water partition coefficient (Wildman–Crippen LogP) is 1.97. The summed E-state index contributed by atoms with van der Waals surface area (Å²) in [4.78, 5) is 13.1. The lowest BCUT2D eigenvalue weighted by atomic mass is 10.2. The van der Waals surface area contributed by atoms with Crippen LogP contribution in [0.5, 0.6) is 0 Å². The van der Waals surface area contributed by atoms with E-state index in [0.29, 0.717) is 11.2 Å². The zero-order valence-electron chi connectivity index (χ0n) is 10.6. The predicted molar refractivity (Wildman–Crippen MR) is 70.7 cm³/mol. The van der Waals surface area contributed by atoms with Crippen LogP contribution in [0, 0.1) is 6.92 Å². The summed E-state index contributed by atoms with van der Waals surface area (Å²) in [5, 5.41) is 0.557. The molecule has 5 heteroatoms. The van der Waals surface area contributed by atoms with E-state index in [1.54, 1.807) is 6.33 Å². The molecule has 1 aliphatic heterocycles. The highest BCUT2D eigenvalue weighted by Crippen LogP contribution is 2.23. The van der Waals surface area contributed by atoms with Gasteiger partial charge in [-0.2, -0.15) is 0 Å². The molecule has 0 aliphatic carbocycles. The average Bonchev–Trinajstić information content (AvgIpc) is 2.33. The molecule has 17 heavy (non-hydrogen) atoms. The first-order valence-electron chi connectivity index (χ1n) is 6.05. The monoisotopic (exact) mass is 254 g/mol. The van der Waals surface area contributed by atoms with E-state index in [0.717, 1.165) is 37.6 Å². The van der Waals surface area contributed by atoms with Gasteiger partial charge < -0.3 is 4.90 Å². The van der Waals surface area contributed by atoms with Crippen LogP contribution in [-0.4, -0.2) is 47.1 Å². The van der Waals surface area contributed by atoms with Crippen molar-refractivity contribution in [3.8, 4) is 0 Å². The van der Waals surface area contributed by atoms with Crippen molar-refractivity contribution in [2.24, 2.45) is 0 Å². The Morgan fingerprint density at radius 3 is 2.41 bits per heavy atom. The van der Waals surface area contributed by atoms with Gasteiger partial charge in [0.05, 0.1) is 0 Å². The molecule has 94 valence electrons. The molecule has 0 saturated carbocycles. The van der Waals surface area contributed by atoms with Crippen molar-refractivity contribution in [2.75, 3.05) is 31.1 Å². The molecule has 1 aliphatic rings. The topological polar surface area (TPSA) is 32.3 Å². The first kappa shape index (κ1) is 12.6. The van der Waals surface area contributed by atoms with Gasteiger partial charge in [0.1, 0.15) is 17.3 Å². The Hall–Kier alpha value is -0.870. The van der Waals surface area contributed by atoms with Gasteiger partial charge in [0, 0.05) is 37.8 Å². The molecule has 1 aromatic rings. The number of aromatic nitrogens is 2. The molecule has 4 nitrogen and oxygen atoms in total. The molecule has 0 amide bonds. The van der Waals surface area contributed by atoms with Crippen molar-refractivity contribution in [1.82, 2.24) is 14.9 Å². The van der Waals surface area contributed by atoms with Crippen LogP contribution >= 0.6 is 11.6 Å². The Morgan fingerprint density at radius 1 is 1.18 bits per heavy atom. The van der Waals surface area contributed by atoms with Gasteiger partial charge in [0.25, 0.3) is 0 Å². The van der Waals surface area contributed by atoms with Crippen molar-refractivity contribution in [3.63, 3.8) is 0 Å². The fourth-order valence-corrected chi connectivity index (χ4v) is 2.32. The van der Waals surface area contributed by atoms with Gasteiger partial charge in [0.15, 0.2) is 0 Å². The average molecular weight is 255 g/mol. The lowest BCUT2D eigenvalue weighted by molar-refractivity contribution is 0.209. The van der Waals surface area contributed by atoms with Gasteiger partial charge in [-0.1, -0.05) is 11.6 Å². The van der Waals surface area contributed by atoms with E-state index in [-0.39, 0.29) is 0 Å². The molecule has 1 fully saturated rings. The summed E-state index contributed by atoms with van der Waals surface area (Å²) >= 11 is 6.02. The van der Waals surface area contributed by atoms with Crippen LogP contribution in [-0.2, 0) is 0 Å². The first-order chi connectivity index (χ1) is 8.09. The molecule has 0 N–H and O–H groups in total. The van der Waals surface area contributed by atoms with Crippen LogP contribution in [0.2, 0.25) is 5.15 Å². The van der Waals surface area contributed by atoms with E-state index < -0.39 is 0 Å². The number of rotatable bonds is 2. The maximum atomic E-state index is 6.02. The van der Waals surface area contributed by atoms with E-state index in [9.17, 15) is 0 Å². The fraction of sp³-hybridized carbons (Fsp3) is 0.667. The third kappa shape index (κ3) is 2.69. The van der Waals surface area contributed by atoms with Gasteiger partial charge in [-0.25, -0.2) is 9.97 Å². The molecule has 2 rings (SSSR count). The maximum Gasteiger partial charge on any atom is 0.137 e. The highest BCUT2D eigenvalue weighted by molar-refractivity contribution is 6.30. The van der Waals surface area contributed by atoms with Crippen LogP contribution < -0.4 is 4.90 Å². The second kappa shape index (κ2) is 5.19. The highest BCUT2D eigenvalue weighted by Gasteiger charge is 2.21. The summed E-state index contributed by atoms with van der Waals surface area (Å²) in [5.74, 6) is 0.980. The minimum Gasteiger partial charge on any atom is -0.354 e. The minimum atomic E-state index is 0.557. The van der Waals surface area contributed by atoms with E-state index in [4.69, 9.17) is 11.6 Å². The highest BCUT2D eigenvalue weighted by atomic mass is 35.5. The standard InChI is InChI=1S/C12H19ClN4/c1-9(2)16-4-6-17(7-5-16)12-10(3)11(13)14-8-15-12/h8-9H,4-7H2,1-3H3. The normalized spacial score (nSPS) is 17.8. The summed E-state index contributed by atoms with van der Waals surface area (Å²) in [6.45, 7) is 10.6. The molecule has 1 aromatic heterocycles. The lowest BCUT2D eigenvalue weighted by Crippen LogP contribution is -2.49. The molecule has 0 spiro atoms. The fourth-order valence-electron chi connectivity index (χ4n) is 2.19. The van der Waals surface area contributed by atoms with Crippen molar-refractivity contribution in [3.05, 3.63) is 17.0 Å². The summed E-state index contributed by atoms with van der Waals surface area (Å²) < 4.78 is 0. The van der Waals surface area contributed by atoms with Gasteiger partial charge in [0.2, 0.25) is 0 Å². The molecular weight excluding hydrogens is 236 g/mol. The lowest BCUT2D eigenvalue weighted by Gasteiger charge is -2.37. The summed E-state index contributed by atoms with van der Waals surface area (Å²) in [7, 11) is 0. The SMILES string of the molecule is Cc1c(Cl)ncnc1N1CCN(C(C)C)CC1. The molecule has 2 heterocycles. The Labute approximate surface area is 108 Å². The van der Waals surface area contributed by atoms with Crippen molar-refractivity contribution >= 4 is 17.4 Å². The third-order valence-electron chi connectivity index (χ3n) is 3.34. The van der Waals surface area contributed by atoms with E-state index in [2.05, 4.69) is 33.6 Å². The number of hydrogen-bond donors (Lipinski definition) is 0. The number of anilines is 1. The molecule has 0 radical (unpaired) electrons. The van der Waals surface area contributed by atoms with Crippen LogP contribution in [0.25, 0.3) is 0 Å². The van der Waals surface area contributed by atoms with Crippen LogP contribution in [0.15, 0.2) is 6.33 Å². The molecule has 1 saturated heterocycles. The number of piperazine rings is 1. The Bertz CT molecular complexity index is 386. The molecular formula is C12H19ClN4. The third-order valence-corrected chi connectivity index (χ3v) is 3.72. The Morgan fingerprint density at radius 2 is 1.82 bits per heavy atom. The van der Waals surface area contributed by atoms with Crippen LogP contribution in [0.3, 0.4) is 0 Å². The Balaban J connectivity index is 2.08. The summed E-state index contributed by atoms with van der Waals surface area (Å²) in [6, 6.07) is 0.618. The maximum absolute atomic E-state index is 6.02. The van der Waals surface area contributed by atoms with E-state index >= 15 is 0 Å².